The van der Waals surface area contributed by atoms with Crippen molar-refractivity contribution in [2.45, 2.75) is 46.0 Å². The fraction of sp³-hybridized carbons (Fsp3) is 0.250. The Hall–Kier alpha value is -1.47. The van der Waals surface area contributed by atoms with Crippen molar-refractivity contribution >= 4 is 21.7 Å². The summed E-state index contributed by atoms with van der Waals surface area (Å²) in [7, 11) is 0. The Kier molecular flexibility index (Phi) is 9.71. The van der Waals surface area contributed by atoms with E-state index in [1.165, 1.54) is 69.9 Å². The molecule has 0 atom stereocenters. The third kappa shape index (κ3) is 5.04. The van der Waals surface area contributed by atoms with E-state index in [-0.39, 0.29) is 51.0 Å². The monoisotopic (exact) mass is 537 g/mol. The Morgan fingerprint density at radius 1 is 0.906 bits per heavy atom. The molecule has 4 aromatic rings. The molecule has 2 aliphatic rings. The number of hydrogen-bond acceptors (Lipinski definition) is 0. The second-order valence-corrected chi connectivity index (χ2v) is 8.22. The van der Waals surface area contributed by atoms with E-state index >= 15 is 0 Å². The molecule has 1 nitrogen and oxygen atoms in total. The quantitative estimate of drug-likeness (QED) is 0.323. The molecule has 0 radical (unpaired) electrons. The Labute approximate surface area is 222 Å². The van der Waals surface area contributed by atoms with Crippen LogP contribution in [0.4, 0.5) is 0 Å². The number of rotatable bonds is 1. The molecular formula is C28H27Cl2NZr. The zero-order chi connectivity index (χ0) is 19.8. The van der Waals surface area contributed by atoms with Gasteiger partial charge >= 0.3 is 26.2 Å². The molecule has 2 aliphatic carbocycles. The molecule has 0 N–H and O–H groups in total. The number of halogens is 2. The summed E-state index contributed by atoms with van der Waals surface area (Å²) in [6.45, 7) is 4.22. The molecule has 0 saturated heterocycles. The molecule has 3 aromatic carbocycles. The summed E-state index contributed by atoms with van der Waals surface area (Å²) in [6.07, 6.45) is 11.5. The van der Waals surface area contributed by atoms with Crippen molar-refractivity contribution in [3.8, 4) is 5.69 Å². The number of aryl methyl sites for hydroxylation is 1. The number of fused-ring (bicyclic) bond motifs is 4. The van der Waals surface area contributed by atoms with Gasteiger partial charge in [0.15, 0.2) is 0 Å². The van der Waals surface area contributed by atoms with Gasteiger partial charge in [0.25, 0.3) is 0 Å². The average Bonchev–Trinajstić information content (AvgIpc) is 3.43. The molecule has 0 fully saturated rings. The van der Waals surface area contributed by atoms with Crippen LogP contribution in [-0.4, -0.2) is 4.57 Å². The topological polar surface area (TPSA) is 4.93 Å². The van der Waals surface area contributed by atoms with Crippen LogP contribution < -0.4 is 24.8 Å². The van der Waals surface area contributed by atoms with Crippen LogP contribution >= 0.6 is 0 Å². The average molecular weight is 540 g/mol. The van der Waals surface area contributed by atoms with E-state index < -0.39 is 0 Å². The van der Waals surface area contributed by atoms with E-state index in [0.29, 0.717) is 0 Å². The zero-order valence-electron chi connectivity index (χ0n) is 18.6. The SMILES string of the molecule is CC1=[C-]CC=C1C.[Cl-].[Cl-].[Zr+4].c1ccc2[cH-]c(-n3c4c(c5ccccc53)CCCC4)cc2c1. The molecule has 0 bridgehead atoms. The van der Waals surface area contributed by atoms with Crippen LogP contribution in [-0.2, 0) is 39.0 Å². The number of hydrogen-bond donors (Lipinski definition) is 0. The molecule has 0 spiro atoms. The second-order valence-electron chi connectivity index (χ2n) is 8.22. The largest absolute Gasteiger partial charge is 4.00 e. The maximum atomic E-state index is 3.19. The molecular weight excluding hydrogens is 512 g/mol. The Morgan fingerprint density at radius 2 is 1.62 bits per heavy atom. The van der Waals surface area contributed by atoms with Crippen molar-refractivity contribution in [3.05, 3.63) is 95.2 Å². The van der Waals surface area contributed by atoms with Crippen LogP contribution in [0.25, 0.3) is 27.4 Å². The fourth-order valence-electron chi connectivity index (χ4n) is 4.70. The van der Waals surface area contributed by atoms with Gasteiger partial charge in [-0.15, -0.1) is 54.4 Å². The first-order valence-electron chi connectivity index (χ1n) is 10.7. The number of allylic oxidation sites excluding steroid dienone is 4. The van der Waals surface area contributed by atoms with Gasteiger partial charge < -0.3 is 29.4 Å². The van der Waals surface area contributed by atoms with Gasteiger partial charge in [-0.2, -0.15) is 6.08 Å². The van der Waals surface area contributed by atoms with Gasteiger partial charge in [-0.05, 0) is 43.0 Å². The number of benzene rings is 2. The van der Waals surface area contributed by atoms with E-state index in [2.05, 4.69) is 91.2 Å². The first-order valence-corrected chi connectivity index (χ1v) is 10.7. The number of nitrogens with zero attached hydrogens (tertiary/aromatic N) is 1. The molecule has 0 unspecified atom stereocenters. The summed E-state index contributed by atoms with van der Waals surface area (Å²) in [6, 6.07) is 22.2. The Bertz CT molecular complexity index is 1210. The van der Waals surface area contributed by atoms with E-state index in [1.54, 1.807) is 5.56 Å². The molecule has 4 heteroatoms. The molecule has 0 saturated carbocycles. The maximum Gasteiger partial charge on any atom is 4.00 e. The Balaban J connectivity index is 0.000000317. The van der Waals surface area contributed by atoms with Crippen LogP contribution in [0.15, 0.2) is 77.9 Å². The molecule has 0 aliphatic heterocycles. The number of aromatic nitrogens is 1. The zero-order valence-corrected chi connectivity index (χ0v) is 22.6. The van der Waals surface area contributed by atoms with Crippen LogP contribution in [0.5, 0.6) is 0 Å². The smallest absolute Gasteiger partial charge is 1.00 e. The fourth-order valence-corrected chi connectivity index (χ4v) is 4.70. The van der Waals surface area contributed by atoms with Crippen LogP contribution in [0.1, 0.15) is 44.4 Å². The van der Waals surface area contributed by atoms with Crippen molar-refractivity contribution in [2.24, 2.45) is 0 Å². The van der Waals surface area contributed by atoms with Crippen molar-refractivity contribution in [1.29, 1.82) is 0 Å². The predicted octanol–water partition coefficient (Wildman–Crippen LogP) is 1.47. The van der Waals surface area contributed by atoms with Gasteiger partial charge in [0.2, 0.25) is 0 Å². The second kappa shape index (κ2) is 11.6. The number of para-hydroxylation sites is 1. The normalized spacial score (nSPS) is 14.2. The van der Waals surface area contributed by atoms with E-state index in [0.717, 1.165) is 6.42 Å². The van der Waals surface area contributed by atoms with E-state index in [9.17, 15) is 0 Å². The maximum absolute atomic E-state index is 3.19. The van der Waals surface area contributed by atoms with Crippen LogP contribution in [0, 0.1) is 6.08 Å². The summed E-state index contributed by atoms with van der Waals surface area (Å²) in [5, 5.41) is 4.11. The van der Waals surface area contributed by atoms with Gasteiger partial charge in [-0.25, -0.2) is 11.1 Å². The third-order valence-corrected chi connectivity index (χ3v) is 6.41. The third-order valence-electron chi connectivity index (χ3n) is 6.41. The Morgan fingerprint density at radius 3 is 2.31 bits per heavy atom. The molecule has 1 heterocycles. The summed E-state index contributed by atoms with van der Waals surface area (Å²) in [5.74, 6) is 0. The van der Waals surface area contributed by atoms with Crippen molar-refractivity contribution in [1.82, 2.24) is 4.57 Å². The minimum absolute atomic E-state index is 0. The van der Waals surface area contributed by atoms with Gasteiger partial charge in [0.1, 0.15) is 0 Å². The predicted molar refractivity (Wildman–Crippen MR) is 124 cm³/mol. The van der Waals surface area contributed by atoms with Gasteiger partial charge in [0.05, 0.1) is 5.52 Å². The molecule has 32 heavy (non-hydrogen) atoms. The minimum Gasteiger partial charge on any atom is -1.00 e. The van der Waals surface area contributed by atoms with Crippen LogP contribution in [0.2, 0.25) is 0 Å². The van der Waals surface area contributed by atoms with E-state index in [1.807, 2.05) is 0 Å². The van der Waals surface area contributed by atoms with Crippen molar-refractivity contribution in [3.63, 3.8) is 0 Å². The molecule has 6 rings (SSSR count). The van der Waals surface area contributed by atoms with E-state index in [4.69, 9.17) is 0 Å². The minimum atomic E-state index is 0. The van der Waals surface area contributed by atoms with Gasteiger partial charge in [0, 0.05) is 11.1 Å². The van der Waals surface area contributed by atoms with Crippen molar-refractivity contribution in [2.75, 3.05) is 0 Å². The van der Waals surface area contributed by atoms with Gasteiger partial charge in [-0.3, -0.25) is 6.08 Å². The summed E-state index contributed by atoms with van der Waals surface area (Å²) >= 11 is 0. The summed E-state index contributed by atoms with van der Waals surface area (Å²) in [4.78, 5) is 0. The van der Waals surface area contributed by atoms with Crippen LogP contribution in [0.3, 0.4) is 0 Å². The standard InChI is InChI=1S/C21H18N.C7H9.2ClH.Zr/c1-2-8-16-14-17(13-15(16)7-1)22-20-11-5-3-9-18(20)19-10-4-6-12-21(19)22;1-6-4-3-5-7(6)2;;;/h1-3,5,7-9,11,13-14H,4,6,10,12H2;4H,3H2,1-2H3;2*1H;/q2*-1;;;+4/p-2. The molecule has 0 amide bonds. The molecule has 1 aromatic heterocycles. The first kappa shape index (κ1) is 26.8. The van der Waals surface area contributed by atoms with Crippen molar-refractivity contribution < 1.29 is 51.0 Å². The van der Waals surface area contributed by atoms with Gasteiger partial charge in [-0.1, -0.05) is 31.2 Å². The summed E-state index contributed by atoms with van der Waals surface area (Å²) in [5.41, 5.74) is 8.50. The molecule has 162 valence electrons. The first-order chi connectivity index (χ1) is 14.2. The summed E-state index contributed by atoms with van der Waals surface area (Å²) < 4.78 is 2.50.